The second-order valence-corrected chi connectivity index (χ2v) is 6.67. The van der Waals surface area contributed by atoms with Crippen molar-refractivity contribution in [2.75, 3.05) is 6.61 Å². The number of hydrogen-bond acceptors (Lipinski definition) is 6. The number of fused-ring (bicyclic) bond motifs is 1. The number of thiophene rings is 1. The van der Waals surface area contributed by atoms with Crippen molar-refractivity contribution in [3.63, 3.8) is 0 Å². The third kappa shape index (κ3) is 3.80. The van der Waals surface area contributed by atoms with Crippen molar-refractivity contribution >= 4 is 45.6 Å². The Morgan fingerprint density at radius 3 is 2.59 bits per heavy atom. The maximum absolute atomic E-state index is 12.4. The molecule has 0 aliphatic heterocycles. The van der Waals surface area contributed by atoms with Gasteiger partial charge < -0.3 is 14.8 Å². The number of aromatic nitrogens is 2. The molecule has 0 bridgehead atoms. The fourth-order valence-corrected chi connectivity index (χ4v) is 3.63. The van der Waals surface area contributed by atoms with Gasteiger partial charge in [-0.1, -0.05) is 18.2 Å². The molecule has 0 spiro atoms. The van der Waals surface area contributed by atoms with Crippen LogP contribution < -0.4 is 5.56 Å². The smallest absolute Gasteiger partial charge is 0.348 e. The van der Waals surface area contributed by atoms with Crippen LogP contribution in [0, 0.1) is 6.92 Å². The standard InChI is InChI=1S/C19H16N2O5S/c1-3-26-19(25)15-10(2)14-16(22)20-13(21-17(14)27-15)9-6-11-4-7-12(8-5-11)18(23)24/h4-9H,3H2,1-2H3,(H,23,24)(H,20,21,22). The monoisotopic (exact) mass is 384 g/mol. The number of rotatable bonds is 5. The fraction of sp³-hybridized carbons (Fsp3) is 0.158. The third-order valence-electron chi connectivity index (χ3n) is 3.87. The van der Waals surface area contributed by atoms with Gasteiger partial charge in [-0.15, -0.1) is 11.3 Å². The number of carbonyl (C=O) groups excluding carboxylic acids is 1. The summed E-state index contributed by atoms with van der Waals surface area (Å²) in [6.07, 6.45) is 3.33. The first kappa shape index (κ1) is 18.5. The average Bonchev–Trinajstić information content (AvgIpc) is 2.97. The summed E-state index contributed by atoms with van der Waals surface area (Å²) in [5.74, 6) is -1.12. The molecule has 0 atom stereocenters. The minimum atomic E-state index is -0.993. The number of nitrogens with zero attached hydrogens (tertiary/aromatic N) is 1. The van der Waals surface area contributed by atoms with Crippen molar-refractivity contribution < 1.29 is 19.4 Å². The molecule has 0 saturated carbocycles. The lowest BCUT2D eigenvalue weighted by Gasteiger charge is -1.98. The number of carboxylic acids is 1. The van der Waals surface area contributed by atoms with Gasteiger partial charge in [0.25, 0.3) is 5.56 Å². The minimum absolute atomic E-state index is 0.195. The molecule has 1 aromatic carbocycles. The van der Waals surface area contributed by atoms with Gasteiger partial charge in [-0.3, -0.25) is 4.79 Å². The first-order chi connectivity index (χ1) is 12.9. The number of aromatic carboxylic acids is 1. The third-order valence-corrected chi connectivity index (χ3v) is 5.04. The first-order valence-electron chi connectivity index (χ1n) is 8.12. The van der Waals surface area contributed by atoms with E-state index in [0.717, 1.165) is 16.9 Å². The van der Waals surface area contributed by atoms with Crippen LogP contribution in [-0.4, -0.2) is 33.6 Å². The fourth-order valence-electron chi connectivity index (χ4n) is 2.54. The van der Waals surface area contributed by atoms with Gasteiger partial charge in [0, 0.05) is 0 Å². The molecule has 3 aromatic rings. The Balaban J connectivity index is 1.95. The summed E-state index contributed by atoms with van der Waals surface area (Å²) in [5.41, 5.74) is 1.19. The predicted octanol–water partition coefficient (Wildman–Crippen LogP) is 3.34. The highest BCUT2D eigenvalue weighted by Gasteiger charge is 2.19. The van der Waals surface area contributed by atoms with Crippen LogP contribution in [0.1, 0.15) is 43.9 Å². The van der Waals surface area contributed by atoms with Gasteiger partial charge in [-0.2, -0.15) is 0 Å². The predicted molar refractivity (Wildman–Crippen MR) is 103 cm³/mol. The van der Waals surface area contributed by atoms with E-state index in [0.29, 0.717) is 26.5 Å². The number of H-pyrrole nitrogens is 1. The molecule has 0 aliphatic rings. The van der Waals surface area contributed by atoms with Crippen LogP contribution in [0.4, 0.5) is 0 Å². The van der Waals surface area contributed by atoms with Crippen molar-refractivity contribution in [3.05, 3.63) is 62.0 Å². The minimum Gasteiger partial charge on any atom is -0.478 e. The van der Waals surface area contributed by atoms with E-state index in [2.05, 4.69) is 9.97 Å². The zero-order valence-corrected chi connectivity index (χ0v) is 15.4. The molecule has 138 valence electrons. The highest BCUT2D eigenvalue weighted by atomic mass is 32.1. The number of carbonyl (C=O) groups is 2. The molecule has 7 nitrogen and oxygen atoms in total. The largest absolute Gasteiger partial charge is 0.478 e. The lowest BCUT2D eigenvalue weighted by atomic mass is 10.1. The van der Waals surface area contributed by atoms with E-state index in [1.807, 2.05) is 0 Å². The molecule has 0 amide bonds. The molecule has 8 heteroatoms. The van der Waals surface area contributed by atoms with E-state index in [1.54, 1.807) is 38.1 Å². The van der Waals surface area contributed by atoms with Gasteiger partial charge in [-0.05, 0) is 43.2 Å². The molecule has 27 heavy (non-hydrogen) atoms. The summed E-state index contributed by atoms with van der Waals surface area (Å²) >= 11 is 1.12. The van der Waals surface area contributed by atoms with Gasteiger partial charge in [0.2, 0.25) is 0 Å². The van der Waals surface area contributed by atoms with Crippen LogP contribution in [-0.2, 0) is 4.74 Å². The lowest BCUT2D eigenvalue weighted by molar-refractivity contribution is 0.0531. The quantitative estimate of drug-likeness (QED) is 0.653. The van der Waals surface area contributed by atoms with E-state index in [1.165, 1.54) is 12.1 Å². The number of benzene rings is 1. The van der Waals surface area contributed by atoms with Crippen molar-refractivity contribution in [1.29, 1.82) is 0 Å². The molecule has 3 rings (SSSR count). The number of nitrogens with one attached hydrogen (secondary N) is 1. The van der Waals surface area contributed by atoms with Crippen LogP contribution in [0.3, 0.4) is 0 Å². The van der Waals surface area contributed by atoms with Gasteiger partial charge in [-0.25, -0.2) is 14.6 Å². The highest BCUT2D eigenvalue weighted by molar-refractivity contribution is 7.20. The number of esters is 1. The molecule has 0 aliphatic carbocycles. The van der Waals surface area contributed by atoms with Crippen LogP contribution in [0.15, 0.2) is 29.1 Å². The number of carboxylic acid groups (broad SMARTS) is 1. The zero-order valence-electron chi connectivity index (χ0n) is 14.6. The number of aromatic amines is 1. The Morgan fingerprint density at radius 2 is 1.96 bits per heavy atom. The summed E-state index contributed by atoms with van der Waals surface area (Å²) in [6.45, 7) is 3.67. The van der Waals surface area contributed by atoms with Gasteiger partial charge in [0.05, 0.1) is 17.6 Å². The Labute approximate surface area is 158 Å². The SMILES string of the molecule is CCOC(=O)c1sc2nc(C=Cc3ccc(C(=O)O)cc3)[nH]c(=O)c2c1C. The topological polar surface area (TPSA) is 109 Å². The van der Waals surface area contributed by atoms with E-state index in [9.17, 15) is 14.4 Å². The summed E-state index contributed by atoms with van der Waals surface area (Å²) in [7, 11) is 0. The molecular formula is C19H16N2O5S. The molecule has 2 aromatic heterocycles. The molecule has 2 N–H and O–H groups in total. The highest BCUT2D eigenvalue weighted by Crippen LogP contribution is 2.27. The van der Waals surface area contributed by atoms with Gasteiger partial charge >= 0.3 is 11.9 Å². The second-order valence-electron chi connectivity index (χ2n) is 5.67. The van der Waals surface area contributed by atoms with Gasteiger partial charge in [0.1, 0.15) is 15.5 Å². The van der Waals surface area contributed by atoms with Crippen LogP contribution in [0.25, 0.3) is 22.4 Å². The normalized spacial score (nSPS) is 11.2. The maximum Gasteiger partial charge on any atom is 0.348 e. The molecule has 0 fully saturated rings. The van der Waals surface area contributed by atoms with E-state index >= 15 is 0 Å². The van der Waals surface area contributed by atoms with E-state index in [-0.39, 0.29) is 17.7 Å². The van der Waals surface area contributed by atoms with Crippen LogP contribution in [0.5, 0.6) is 0 Å². The summed E-state index contributed by atoms with van der Waals surface area (Å²) in [5, 5.41) is 9.29. The Morgan fingerprint density at radius 1 is 1.26 bits per heavy atom. The van der Waals surface area contributed by atoms with Crippen molar-refractivity contribution in [2.45, 2.75) is 13.8 Å². The van der Waals surface area contributed by atoms with Crippen molar-refractivity contribution in [3.8, 4) is 0 Å². The second kappa shape index (κ2) is 7.55. The Hall–Kier alpha value is -3.26. The summed E-state index contributed by atoms with van der Waals surface area (Å²) in [4.78, 5) is 43.2. The number of ether oxygens (including phenoxy) is 1. The molecule has 0 saturated heterocycles. The maximum atomic E-state index is 12.4. The van der Waals surface area contributed by atoms with E-state index in [4.69, 9.17) is 9.84 Å². The molecular weight excluding hydrogens is 368 g/mol. The summed E-state index contributed by atoms with van der Waals surface area (Å²) in [6, 6.07) is 6.31. The lowest BCUT2D eigenvalue weighted by Crippen LogP contribution is -2.10. The average molecular weight is 384 g/mol. The number of aryl methyl sites for hydroxylation is 1. The van der Waals surface area contributed by atoms with Crippen molar-refractivity contribution in [1.82, 2.24) is 9.97 Å². The first-order valence-corrected chi connectivity index (χ1v) is 8.94. The van der Waals surface area contributed by atoms with Crippen LogP contribution >= 0.6 is 11.3 Å². The molecule has 0 unspecified atom stereocenters. The zero-order chi connectivity index (χ0) is 19.6. The molecule has 0 radical (unpaired) electrons. The van der Waals surface area contributed by atoms with Crippen molar-refractivity contribution in [2.24, 2.45) is 0 Å². The van der Waals surface area contributed by atoms with Crippen LogP contribution in [0.2, 0.25) is 0 Å². The van der Waals surface area contributed by atoms with Gasteiger partial charge in [0.15, 0.2) is 0 Å². The molecule has 2 heterocycles. The summed E-state index contributed by atoms with van der Waals surface area (Å²) < 4.78 is 5.02. The Bertz CT molecular complexity index is 1110. The number of hydrogen-bond donors (Lipinski definition) is 2. The van der Waals surface area contributed by atoms with E-state index < -0.39 is 11.9 Å². The Kier molecular flexibility index (Phi) is 5.18.